The maximum absolute atomic E-state index is 11.2. The Bertz CT molecular complexity index is 493. The van der Waals surface area contributed by atoms with Crippen LogP contribution < -0.4 is 0 Å². The van der Waals surface area contributed by atoms with Crippen LogP contribution in [0.5, 0.6) is 0 Å². The molecule has 0 bridgehead atoms. The molecule has 0 heterocycles. The van der Waals surface area contributed by atoms with Crippen LogP contribution in [0, 0.1) is 18.3 Å². The molecule has 0 saturated heterocycles. The second-order valence-electron chi connectivity index (χ2n) is 4.22. The topological polar surface area (TPSA) is 90.6 Å². The van der Waals surface area contributed by atoms with Gasteiger partial charge >= 0.3 is 5.97 Å². The fourth-order valence-electron chi connectivity index (χ4n) is 1.73. The van der Waals surface area contributed by atoms with Crippen LogP contribution in [0.1, 0.15) is 36.1 Å². The van der Waals surface area contributed by atoms with E-state index in [4.69, 9.17) is 10.00 Å². The first kappa shape index (κ1) is 15.2. The minimum absolute atomic E-state index is 0.218. The van der Waals surface area contributed by atoms with E-state index in [9.17, 15) is 15.0 Å². The molecule has 0 saturated carbocycles. The number of aryl methyl sites for hydroxylation is 1. The Balaban J connectivity index is 2.85. The Morgan fingerprint density at radius 1 is 1.47 bits per heavy atom. The van der Waals surface area contributed by atoms with E-state index in [2.05, 4.69) is 0 Å². The predicted molar refractivity (Wildman–Crippen MR) is 68.1 cm³/mol. The van der Waals surface area contributed by atoms with Gasteiger partial charge in [-0.05, 0) is 25.5 Å². The van der Waals surface area contributed by atoms with Crippen molar-refractivity contribution >= 4 is 5.97 Å². The van der Waals surface area contributed by atoms with Crippen LogP contribution in [0.2, 0.25) is 0 Å². The van der Waals surface area contributed by atoms with E-state index < -0.39 is 18.2 Å². The van der Waals surface area contributed by atoms with Gasteiger partial charge in [0.1, 0.15) is 6.10 Å². The Morgan fingerprint density at radius 3 is 2.74 bits per heavy atom. The molecule has 2 N–H and O–H groups in total. The van der Waals surface area contributed by atoms with Crippen molar-refractivity contribution < 1.29 is 19.7 Å². The van der Waals surface area contributed by atoms with Crippen molar-refractivity contribution in [1.82, 2.24) is 0 Å². The predicted octanol–water partition coefficient (Wildman–Crippen LogP) is 1.21. The third kappa shape index (κ3) is 4.05. The number of nitrogens with zero attached hydrogens (tertiary/aromatic N) is 1. The number of esters is 1. The van der Waals surface area contributed by atoms with Gasteiger partial charge in [-0.15, -0.1) is 0 Å². The molecule has 2 atom stereocenters. The molecule has 0 fully saturated rings. The average molecular weight is 263 g/mol. The van der Waals surface area contributed by atoms with Crippen molar-refractivity contribution in [3.05, 3.63) is 34.9 Å². The molecule has 0 amide bonds. The molecule has 1 rings (SSSR count). The molecular formula is C14H17NO4. The number of ether oxygens (including phenoxy) is 1. The first-order valence-corrected chi connectivity index (χ1v) is 6.02. The molecule has 0 aromatic heterocycles. The third-order valence-electron chi connectivity index (χ3n) is 2.69. The Kier molecular flexibility index (Phi) is 5.49. The van der Waals surface area contributed by atoms with E-state index >= 15 is 0 Å². The van der Waals surface area contributed by atoms with Gasteiger partial charge in [0.25, 0.3) is 0 Å². The molecule has 0 spiro atoms. The summed E-state index contributed by atoms with van der Waals surface area (Å²) >= 11 is 0. The number of nitriles is 1. The number of carbonyl (C=O) groups excluding carboxylic acids is 1. The number of aliphatic hydroxyl groups excluding tert-OH is 2. The van der Waals surface area contributed by atoms with Gasteiger partial charge < -0.3 is 14.9 Å². The molecule has 19 heavy (non-hydrogen) atoms. The Morgan fingerprint density at radius 2 is 2.16 bits per heavy atom. The summed E-state index contributed by atoms with van der Waals surface area (Å²) in [6, 6.07) is 6.89. The number of aliphatic hydroxyl groups is 2. The fraction of sp³-hybridized carbons (Fsp3) is 0.429. The first-order chi connectivity index (χ1) is 8.99. The van der Waals surface area contributed by atoms with Crippen LogP contribution in [0.25, 0.3) is 0 Å². The quantitative estimate of drug-likeness (QED) is 0.779. The highest BCUT2D eigenvalue weighted by Crippen LogP contribution is 2.23. The summed E-state index contributed by atoms with van der Waals surface area (Å²) in [7, 11) is 0. The second kappa shape index (κ2) is 6.88. The minimum Gasteiger partial charge on any atom is -0.466 e. The molecule has 2 unspecified atom stereocenters. The van der Waals surface area contributed by atoms with Crippen LogP contribution in [0.4, 0.5) is 0 Å². The number of hydrogen-bond donors (Lipinski definition) is 2. The Labute approximate surface area is 112 Å². The van der Waals surface area contributed by atoms with E-state index in [1.807, 2.05) is 13.0 Å². The van der Waals surface area contributed by atoms with E-state index in [-0.39, 0.29) is 18.6 Å². The Hall–Kier alpha value is -1.90. The number of benzene rings is 1. The molecule has 0 aliphatic carbocycles. The largest absolute Gasteiger partial charge is 0.466 e. The van der Waals surface area contributed by atoms with E-state index in [0.717, 1.165) is 5.56 Å². The average Bonchev–Trinajstić information content (AvgIpc) is 2.37. The highest BCUT2D eigenvalue weighted by molar-refractivity contribution is 5.70. The number of carbonyl (C=O) groups is 1. The van der Waals surface area contributed by atoms with Crippen LogP contribution in [0.3, 0.4) is 0 Å². The summed E-state index contributed by atoms with van der Waals surface area (Å²) in [6.07, 6.45) is -2.90. The van der Waals surface area contributed by atoms with Crippen molar-refractivity contribution in [3.8, 4) is 6.07 Å². The number of hydrogen-bond acceptors (Lipinski definition) is 5. The number of rotatable bonds is 5. The normalized spacial score (nSPS) is 13.4. The second-order valence-corrected chi connectivity index (χ2v) is 4.22. The molecule has 5 nitrogen and oxygen atoms in total. The van der Waals surface area contributed by atoms with Crippen LogP contribution >= 0.6 is 0 Å². The zero-order chi connectivity index (χ0) is 14.4. The monoisotopic (exact) mass is 263 g/mol. The summed E-state index contributed by atoms with van der Waals surface area (Å²) in [5.41, 5.74) is 1.48. The van der Waals surface area contributed by atoms with Gasteiger partial charge in [-0.3, -0.25) is 4.79 Å². The van der Waals surface area contributed by atoms with Crippen LogP contribution in [0.15, 0.2) is 18.2 Å². The molecule has 0 aliphatic heterocycles. The zero-order valence-electron chi connectivity index (χ0n) is 11.0. The highest BCUT2D eigenvalue weighted by Gasteiger charge is 2.24. The standard InChI is InChI=1S/C14H17NO4/c1-3-19-13(17)7-12(16)14(18)11-5-4-9(2)6-10(11)8-15/h4-6,12,14,16,18H,3,7H2,1-2H3. The van der Waals surface area contributed by atoms with Crippen LogP contribution in [-0.2, 0) is 9.53 Å². The molecule has 1 aromatic rings. The van der Waals surface area contributed by atoms with Gasteiger partial charge in [-0.2, -0.15) is 5.26 Å². The van der Waals surface area contributed by atoms with Gasteiger partial charge in [0.15, 0.2) is 0 Å². The summed E-state index contributed by atoms with van der Waals surface area (Å²) in [4.78, 5) is 11.2. The van der Waals surface area contributed by atoms with Gasteiger partial charge in [-0.1, -0.05) is 12.1 Å². The first-order valence-electron chi connectivity index (χ1n) is 6.02. The molecule has 102 valence electrons. The van der Waals surface area contributed by atoms with Gasteiger partial charge in [0.05, 0.1) is 30.8 Å². The molecule has 0 aliphatic rings. The highest BCUT2D eigenvalue weighted by atomic mass is 16.5. The van der Waals surface area contributed by atoms with Crippen molar-refractivity contribution in [2.45, 2.75) is 32.5 Å². The van der Waals surface area contributed by atoms with Gasteiger partial charge in [0, 0.05) is 5.56 Å². The van der Waals surface area contributed by atoms with E-state index in [1.54, 1.807) is 25.1 Å². The van der Waals surface area contributed by atoms with E-state index in [1.165, 1.54) is 0 Å². The third-order valence-corrected chi connectivity index (χ3v) is 2.69. The van der Waals surface area contributed by atoms with Crippen molar-refractivity contribution in [2.75, 3.05) is 6.61 Å². The molecule has 1 aromatic carbocycles. The smallest absolute Gasteiger partial charge is 0.308 e. The SMILES string of the molecule is CCOC(=O)CC(O)C(O)c1ccc(C)cc1C#N. The minimum atomic E-state index is -1.30. The van der Waals surface area contributed by atoms with Crippen molar-refractivity contribution in [2.24, 2.45) is 0 Å². The molecule has 5 heteroatoms. The van der Waals surface area contributed by atoms with Gasteiger partial charge in [-0.25, -0.2) is 0 Å². The fourth-order valence-corrected chi connectivity index (χ4v) is 1.73. The molecular weight excluding hydrogens is 246 g/mol. The molecule has 0 radical (unpaired) electrons. The zero-order valence-corrected chi connectivity index (χ0v) is 11.0. The lowest BCUT2D eigenvalue weighted by Crippen LogP contribution is -2.23. The lowest BCUT2D eigenvalue weighted by Gasteiger charge is -2.18. The maximum Gasteiger partial charge on any atom is 0.308 e. The van der Waals surface area contributed by atoms with E-state index in [0.29, 0.717) is 5.56 Å². The lowest BCUT2D eigenvalue weighted by atomic mass is 9.96. The summed E-state index contributed by atoms with van der Waals surface area (Å²) < 4.78 is 4.70. The van der Waals surface area contributed by atoms with Crippen molar-refractivity contribution in [1.29, 1.82) is 5.26 Å². The summed E-state index contributed by atoms with van der Waals surface area (Å²) in [5.74, 6) is -0.584. The van der Waals surface area contributed by atoms with Gasteiger partial charge in [0.2, 0.25) is 0 Å². The summed E-state index contributed by atoms with van der Waals surface area (Å²) in [5, 5.41) is 28.8. The van der Waals surface area contributed by atoms with Crippen LogP contribution in [-0.4, -0.2) is 28.9 Å². The van der Waals surface area contributed by atoms with Crippen molar-refractivity contribution in [3.63, 3.8) is 0 Å². The lowest BCUT2D eigenvalue weighted by molar-refractivity contribution is -0.147. The summed E-state index contributed by atoms with van der Waals surface area (Å²) in [6.45, 7) is 3.70. The maximum atomic E-state index is 11.2.